The number of carbonyl (C=O) groups is 2. The predicted molar refractivity (Wildman–Crippen MR) is 158 cm³/mol. The summed E-state index contributed by atoms with van der Waals surface area (Å²) in [5, 5.41) is 28.2. The largest absolute Gasteiger partial charge is 0.489 e. The van der Waals surface area contributed by atoms with Crippen molar-refractivity contribution in [3.05, 3.63) is 41.9 Å². The Morgan fingerprint density at radius 1 is 1.24 bits per heavy atom. The van der Waals surface area contributed by atoms with E-state index >= 15 is 0 Å². The Bertz CT molecular complexity index is 1730. The normalized spacial score (nSPS) is 19.3. The summed E-state index contributed by atoms with van der Waals surface area (Å²) in [7, 11) is -4.98. The molecule has 3 aromatic rings. The number of Topliss-reactive ketones (excluding diaryl/α,β-unsaturated/α-hetero) is 1. The quantitative estimate of drug-likeness (QED) is 0.0493. The molecule has 4 heterocycles. The number of β-lactam (4-membered cyclic amide) rings is 1. The summed E-state index contributed by atoms with van der Waals surface area (Å²) < 4.78 is 45.2. The zero-order valence-electron chi connectivity index (χ0n) is 24.1. The van der Waals surface area contributed by atoms with Gasteiger partial charge in [-0.3, -0.25) is 19.1 Å². The third-order valence-corrected chi connectivity index (χ3v) is 8.34. The highest BCUT2D eigenvalue weighted by atomic mass is 32.3. The molecule has 1 aromatic carbocycles. The number of ketones is 1. The molecule has 2 fully saturated rings. The van der Waals surface area contributed by atoms with Gasteiger partial charge in [0.1, 0.15) is 12.4 Å². The predicted octanol–water partition coefficient (Wildman–Crippen LogP) is -0.160. The Balaban J connectivity index is 1.27. The molecule has 17 nitrogen and oxygen atoms in total. The summed E-state index contributed by atoms with van der Waals surface area (Å²) in [6, 6.07) is 9.10. The van der Waals surface area contributed by atoms with Crippen molar-refractivity contribution in [2.45, 2.75) is 44.6 Å². The van der Waals surface area contributed by atoms with Crippen LogP contribution in [-0.2, 0) is 35.5 Å². The summed E-state index contributed by atoms with van der Waals surface area (Å²) in [5.41, 5.74) is 5.65. The van der Waals surface area contributed by atoms with Gasteiger partial charge in [-0.25, -0.2) is 0 Å². The Labute approximate surface area is 261 Å². The SMILES string of the molecule is CC1(C)[C@H](CC(=O)/C(=N\O[C@@H](COc2ccc3nc(CC4CNC4)ccc3c2)C(O)O)c2nsc(N)n2)C(=O)N1OS(=O)(=O)O. The van der Waals surface area contributed by atoms with Crippen molar-refractivity contribution < 1.29 is 46.6 Å². The van der Waals surface area contributed by atoms with E-state index in [4.69, 9.17) is 24.8 Å². The number of nitrogen functional groups attached to an aromatic ring is 1. The summed E-state index contributed by atoms with van der Waals surface area (Å²) in [4.78, 5) is 39.8. The van der Waals surface area contributed by atoms with Crippen LogP contribution in [0.1, 0.15) is 31.8 Å². The highest BCUT2D eigenvalue weighted by Gasteiger charge is 2.57. The van der Waals surface area contributed by atoms with Gasteiger partial charge in [0.25, 0.3) is 5.91 Å². The number of nitrogens with one attached hydrogen (secondary N) is 1. The highest BCUT2D eigenvalue weighted by molar-refractivity contribution is 7.80. The molecule has 2 aromatic heterocycles. The number of nitrogens with zero attached hydrogens (tertiary/aromatic N) is 5. The number of hydrogen-bond acceptors (Lipinski definition) is 16. The lowest BCUT2D eigenvalue weighted by Crippen LogP contribution is -2.68. The second-order valence-corrected chi connectivity index (χ2v) is 12.9. The Kier molecular flexibility index (Phi) is 9.31. The number of amides is 1. The molecule has 0 aliphatic carbocycles. The van der Waals surface area contributed by atoms with E-state index in [1.807, 2.05) is 12.1 Å². The molecule has 0 radical (unpaired) electrons. The van der Waals surface area contributed by atoms with Crippen molar-refractivity contribution in [3.8, 4) is 5.75 Å². The maximum atomic E-state index is 13.3. The molecule has 5 rings (SSSR count). The van der Waals surface area contributed by atoms with Gasteiger partial charge >= 0.3 is 10.4 Å². The molecule has 45 heavy (non-hydrogen) atoms. The van der Waals surface area contributed by atoms with Crippen LogP contribution >= 0.6 is 11.5 Å². The molecule has 0 unspecified atom stereocenters. The smallest absolute Gasteiger partial charge is 0.418 e. The number of hydrogen-bond donors (Lipinski definition) is 5. The van der Waals surface area contributed by atoms with Gasteiger partial charge in [0.2, 0.25) is 11.9 Å². The minimum Gasteiger partial charge on any atom is -0.489 e. The average Bonchev–Trinajstić information content (AvgIpc) is 3.38. The van der Waals surface area contributed by atoms with Gasteiger partial charge in [0.05, 0.1) is 17.0 Å². The molecule has 2 aliphatic heterocycles. The van der Waals surface area contributed by atoms with Crippen LogP contribution in [0, 0.1) is 11.8 Å². The number of oxime groups is 1. The van der Waals surface area contributed by atoms with E-state index < -0.39 is 64.7 Å². The number of benzene rings is 1. The van der Waals surface area contributed by atoms with E-state index in [1.54, 1.807) is 18.2 Å². The molecular weight excluding hydrogens is 634 g/mol. The number of anilines is 1. The van der Waals surface area contributed by atoms with E-state index in [2.05, 4.69) is 24.1 Å². The van der Waals surface area contributed by atoms with Crippen molar-refractivity contribution in [2.24, 2.45) is 17.0 Å². The van der Waals surface area contributed by atoms with Gasteiger partial charge in [-0.15, -0.1) is 4.28 Å². The fourth-order valence-corrected chi connectivity index (χ4v) is 5.69. The maximum absolute atomic E-state index is 13.3. The number of nitrogens with two attached hydrogens (primary N) is 1. The topological polar surface area (TPSA) is 249 Å². The second kappa shape index (κ2) is 12.9. The van der Waals surface area contributed by atoms with Crippen molar-refractivity contribution in [3.63, 3.8) is 0 Å². The first-order valence-corrected chi connectivity index (χ1v) is 15.8. The number of pyridine rings is 1. The van der Waals surface area contributed by atoms with E-state index in [0.29, 0.717) is 16.7 Å². The molecule has 1 amide bonds. The van der Waals surface area contributed by atoms with Crippen molar-refractivity contribution >= 4 is 55.4 Å². The lowest BCUT2D eigenvalue weighted by Gasteiger charge is -2.50. The second-order valence-electron chi connectivity index (χ2n) is 11.1. The Morgan fingerprint density at radius 3 is 2.60 bits per heavy atom. The van der Waals surface area contributed by atoms with Crippen LogP contribution < -0.4 is 15.8 Å². The molecule has 0 bridgehead atoms. The lowest BCUT2D eigenvalue weighted by molar-refractivity contribution is -0.228. The molecule has 19 heteroatoms. The molecule has 2 aliphatic rings. The van der Waals surface area contributed by atoms with E-state index in [-0.39, 0.29) is 11.0 Å². The molecule has 2 atom stereocenters. The number of aromatic nitrogens is 3. The highest BCUT2D eigenvalue weighted by Crippen LogP contribution is 2.40. The fourth-order valence-electron chi connectivity index (χ4n) is 4.80. The van der Waals surface area contributed by atoms with Crippen molar-refractivity contribution in [1.82, 2.24) is 24.7 Å². The first-order chi connectivity index (χ1) is 21.2. The Morgan fingerprint density at radius 2 is 2.00 bits per heavy atom. The van der Waals surface area contributed by atoms with Crippen LogP contribution in [0.4, 0.5) is 5.13 Å². The average molecular weight is 666 g/mol. The standard InChI is InChI=1S/C26H31N7O10S2/c1-26(2)17(23(35)33(26)43-45(38,39)40)9-19(34)21(22-30-25(27)44-32-22)31-42-20(24(36)37)12-41-16-5-6-18-14(8-16)3-4-15(29-18)7-13-10-28-11-13/h3-6,8,13,17,20,24,28,36-37H,7,9-12H2,1-2H3,(H2,27,30,32)(H,38,39,40)/b31-21+/t17-,20+/m1/s1. The van der Waals surface area contributed by atoms with Crippen LogP contribution in [0.2, 0.25) is 0 Å². The zero-order valence-corrected chi connectivity index (χ0v) is 25.7. The van der Waals surface area contributed by atoms with E-state index in [0.717, 1.165) is 47.6 Å². The van der Waals surface area contributed by atoms with Gasteiger partial charge in [-0.05, 0) is 63.5 Å². The van der Waals surface area contributed by atoms with Crippen LogP contribution in [0.15, 0.2) is 35.5 Å². The third kappa shape index (κ3) is 7.52. The molecular formula is C26H31N7O10S2. The first kappa shape index (κ1) is 32.5. The van der Waals surface area contributed by atoms with Gasteiger partial charge in [0.15, 0.2) is 22.9 Å². The Hall–Kier alpha value is -3.85. The zero-order chi connectivity index (χ0) is 32.5. The molecule has 0 saturated carbocycles. The number of hydroxylamine groups is 2. The number of rotatable bonds is 14. The minimum atomic E-state index is -4.98. The van der Waals surface area contributed by atoms with Crippen LogP contribution in [0.25, 0.3) is 10.9 Å². The minimum absolute atomic E-state index is 0.00156. The number of fused-ring (bicyclic) bond motifs is 1. The molecule has 242 valence electrons. The van der Waals surface area contributed by atoms with Crippen molar-refractivity contribution in [1.29, 1.82) is 0 Å². The summed E-state index contributed by atoms with van der Waals surface area (Å²) in [5.74, 6) is -2.03. The van der Waals surface area contributed by atoms with Crippen LogP contribution in [-0.4, -0.2) is 97.6 Å². The molecule has 6 N–H and O–H groups in total. The number of aliphatic hydroxyl groups is 2. The van der Waals surface area contributed by atoms with Crippen LogP contribution in [0.5, 0.6) is 5.75 Å². The maximum Gasteiger partial charge on any atom is 0.418 e. The fraction of sp³-hybridized carbons (Fsp3) is 0.462. The van der Waals surface area contributed by atoms with Gasteiger partial charge in [-0.1, -0.05) is 11.2 Å². The van der Waals surface area contributed by atoms with Crippen molar-refractivity contribution in [2.75, 3.05) is 25.4 Å². The third-order valence-electron chi connectivity index (χ3n) is 7.46. The number of aliphatic hydroxyl groups excluding tert-OH is 1. The summed E-state index contributed by atoms with van der Waals surface area (Å²) in [6.07, 6.45) is -3.18. The van der Waals surface area contributed by atoms with Gasteiger partial charge in [-0.2, -0.15) is 22.8 Å². The van der Waals surface area contributed by atoms with E-state index in [1.165, 1.54) is 13.8 Å². The lowest BCUT2D eigenvalue weighted by atomic mass is 9.75. The monoisotopic (exact) mass is 665 g/mol. The molecule has 2 saturated heterocycles. The van der Waals surface area contributed by atoms with Crippen LogP contribution in [0.3, 0.4) is 0 Å². The van der Waals surface area contributed by atoms with E-state index in [9.17, 15) is 28.2 Å². The first-order valence-electron chi connectivity index (χ1n) is 13.7. The van der Waals surface area contributed by atoms with Gasteiger partial charge < -0.3 is 30.8 Å². The number of carbonyl (C=O) groups excluding carboxylic acids is 2. The number of ether oxygens (including phenoxy) is 1. The molecule has 0 spiro atoms. The van der Waals surface area contributed by atoms with Gasteiger partial charge in [0, 0.05) is 29.0 Å². The summed E-state index contributed by atoms with van der Waals surface area (Å²) >= 11 is 0.759. The summed E-state index contributed by atoms with van der Waals surface area (Å²) in [6.45, 7) is 4.42.